The molecular weight excluding hydrogens is 299 g/mol. The van der Waals surface area contributed by atoms with Crippen LogP contribution in [0.15, 0.2) is 24.4 Å². The lowest BCUT2D eigenvalue weighted by molar-refractivity contribution is 0.402. The van der Waals surface area contributed by atoms with Crippen molar-refractivity contribution >= 4 is 23.2 Å². The lowest BCUT2D eigenvalue weighted by Gasteiger charge is -2.20. The fourth-order valence-corrected chi connectivity index (χ4v) is 2.56. The molecular formula is C13H16Cl2N4O. The minimum atomic E-state index is -0.336. The number of halogens is 2. The molecule has 0 aliphatic heterocycles. The Morgan fingerprint density at radius 2 is 2.20 bits per heavy atom. The number of hydrogen-bond acceptors (Lipinski definition) is 4. The second-order valence-corrected chi connectivity index (χ2v) is 5.02. The standard InChI is InChI=1S/C13H16Cl2N4O/c1-3-19-13(10(15)7-17-19)12(18-16)9-5-4-8(14)6-11(9)20-2/h4-7,12,18H,3,16H2,1-2H3. The summed E-state index contributed by atoms with van der Waals surface area (Å²) in [5, 5.41) is 5.37. The molecule has 0 bridgehead atoms. The predicted octanol–water partition coefficient (Wildman–Crippen LogP) is 2.77. The summed E-state index contributed by atoms with van der Waals surface area (Å²) < 4.78 is 7.16. The van der Waals surface area contributed by atoms with Gasteiger partial charge in [0.15, 0.2) is 0 Å². The predicted molar refractivity (Wildman–Crippen MR) is 80.1 cm³/mol. The molecule has 0 spiro atoms. The SMILES string of the molecule is CCn1ncc(Cl)c1C(NN)c1ccc(Cl)cc1OC. The third-order valence-electron chi connectivity index (χ3n) is 3.08. The molecule has 0 radical (unpaired) electrons. The zero-order valence-electron chi connectivity index (χ0n) is 11.2. The Labute approximate surface area is 127 Å². The van der Waals surface area contributed by atoms with Gasteiger partial charge in [-0.15, -0.1) is 0 Å². The van der Waals surface area contributed by atoms with Crippen LogP contribution in [-0.2, 0) is 6.54 Å². The highest BCUT2D eigenvalue weighted by atomic mass is 35.5. The van der Waals surface area contributed by atoms with Gasteiger partial charge < -0.3 is 4.74 Å². The van der Waals surface area contributed by atoms with Gasteiger partial charge in [0.2, 0.25) is 0 Å². The largest absolute Gasteiger partial charge is 0.496 e. The van der Waals surface area contributed by atoms with Crippen LogP contribution in [-0.4, -0.2) is 16.9 Å². The molecule has 5 nitrogen and oxygen atoms in total. The van der Waals surface area contributed by atoms with Crippen molar-refractivity contribution in [3.8, 4) is 5.75 Å². The summed E-state index contributed by atoms with van der Waals surface area (Å²) in [5.41, 5.74) is 4.40. The summed E-state index contributed by atoms with van der Waals surface area (Å²) in [6, 6.07) is 5.04. The first-order valence-electron chi connectivity index (χ1n) is 6.13. The highest BCUT2D eigenvalue weighted by molar-refractivity contribution is 6.31. The Hall–Kier alpha value is -1.27. The highest BCUT2D eigenvalue weighted by Crippen LogP contribution is 2.34. The number of benzene rings is 1. The first-order valence-corrected chi connectivity index (χ1v) is 6.88. The van der Waals surface area contributed by atoms with Crippen molar-refractivity contribution in [2.75, 3.05) is 7.11 Å². The minimum Gasteiger partial charge on any atom is -0.496 e. The van der Waals surface area contributed by atoms with E-state index in [1.807, 2.05) is 13.0 Å². The van der Waals surface area contributed by atoms with Gasteiger partial charge in [-0.05, 0) is 19.1 Å². The van der Waals surface area contributed by atoms with Crippen LogP contribution in [0.2, 0.25) is 10.0 Å². The van der Waals surface area contributed by atoms with Crippen molar-refractivity contribution < 1.29 is 4.74 Å². The van der Waals surface area contributed by atoms with Crippen LogP contribution < -0.4 is 16.0 Å². The number of nitrogens with one attached hydrogen (secondary N) is 1. The number of hydrazine groups is 1. The molecule has 1 heterocycles. The van der Waals surface area contributed by atoms with Gasteiger partial charge in [0.1, 0.15) is 5.75 Å². The van der Waals surface area contributed by atoms with Gasteiger partial charge in [0, 0.05) is 17.1 Å². The summed E-state index contributed by atoms with van der Waals surface area (Å²) in [6.45, 7) is 2.68. The fourth-order valence-electron chi connectivity index (χ4n) is 2.15. The zero-order valence-corrected chi connectivity index (χ0v) is 12.7. The molecule has 1 unspecified atom stereocenters. The number of aryl methyl sites for hydroxylation is 1. The van der Waals surface area contributed by atoms with E-state index in [1.165, 1.54) is 0 Å². The van der Waals surface area contributed by atoms with E-state index in [1.54, 1.807) is 30.1 Å². The van der Waals surface area contributed by atoms with E-state index in [4.69, 9.17) is 33.8 Å². The maximum absolute atomic E-state index is 6.23. The minimum absolute atomic E-state index is 0.336. The zero-order chi connectivity index (χ0) is 14.7. The summed E-state index contributed by atoms with van der Waals surface area (Å²) in [4.78, 5) is 0. The third kappa shape index (κ3) is 2.76. The molecule has 0 amide bonds. The monoisotopic (exact) mass is 314 g/mol. The van der Waals surface area contributed by atoms with Crippen LogP contribution >= 0.6 is 23.2 Å². The first kappa shape index (κ1) is 15.1. The normalized spacial score (nSPS) is 12.4. The first-order chi connectivity index (χ1) is 9.62. The molecule has 0 saturated carbocycles. The van der Waals surface area contributed by atoms with Crippen LogP contribution in [0.4, 0.5) is 0 Å². The Morgan fingerprint density at radius 1 is 1.45 bits per heavy atom. The van der Waals surface area contributed by atoms with E-state index in [0.29, 0.717) is 22.3 Å². The number of nitrogens with zero attached hydrogens (tertiary/aromatic N) is 2. The smallest absolute Gasteiger partial charge is 0.125 e. The fraction of sp³-hybridized carbons (Fsp3) is 0.308. The van der Waals surface area contributed by atoms with Crippen LogP contribution in [0.5, 0.6) is 5.75 Å². The molecule has 2 aromatic rings. The number of rotatable bonds is 5. The topological polar surface area (TPSA) is 65.1 Å². The lowest BCUT2D eigenvalue weighted by atomic mass is 10.0. The molecule has 1 atom stereocenters. The van der Waals surface area contributed by atoms with Crippen molar-refractivity contribution in [1.29, 1.82) is 0 Å². The maximum atomic E-state index is 6.23. The van der Waals surface area contributed by atoms with Gasteiger partial charge in [0.05, 0.1) is 30.1 Å². The van der Waals surface area contributed by atoms with Crippen molar-refractivity contribution in [3.63, 3.8) is 0 Å². The van der Waals surface area contributed by atoms with Crippen LogP contribution in [0, 0.1) is 0 Å². The molecule has 3 N–H and O–H groups in total. The Morgan fingerprint density at radius 3 is 2.80 bits per heavy atom. The van der Waals surface area contributed by atoms with Crippen LogP contribution in [0.1, 0.15) is 24.2 Å². The van der Waals surface area contributed by atoms with Gasteiger partial charge in [-0.1, -0.05) is 29.3 Å². The average molecular weight is 315 g/mol. The van der Waals surface area contributed by atoms with E-state index in [-0.39, 0.29) is 6.04 Å². The molecule has 20 heavy (non-hydrogen) atoms. The average Bonchev–Trinajstić information content (AvgIpc) is 2.82. The van der Waals surface area contributed by atoms with Crippen molar-refractivity contribution in [3.05, 3.63) is 45.7 Å². The summed E-state index contributed by atoms with van der Waals surface area (Å²) >= 11 is 12.2. The van der Waals surface area contributed by atoms with E-state index in [2.05, 4.69) is 10.5 Å². The number of hydrogen-bond donors (Lipinski definition) is 2. The third-order valence-corrected chi connectivity index (χ3v) is 3.61. The van der Waals surface area contributed by atoms with Crippen LogP contribution in [0.3, 0.4) is 0 Å². The number of nitrogens with two attached hydrogens (primary N) is 1. The number of aromatic nitrogens is 2. The Kier molecular flexibility index (Phi) is 4.88. The molecule has 1 aromatic carbocycles. The van der Waals surface area contributed by atoms with E-state index in [0.717, 1.165) is 11.3 Å². The van der Waals surface area contributed by atoms with Crippen molar-refractivity contribution in [2.24, 2.45) is 5.84 Å². The van der Waals surface area contributed by atoms with Gasteiger partial charge in [-0.25, -0.2) is 5.43 Å². The molecule has 0 saturated heterocycles. The van der Waals surface area contributed by atoms with E-state index < -0.39 is 0 Å². The lowest BCUT2D eigenvalue weighted by Crippen LogP contribution is -2.31. The van der Waals surface area contributed by atoms with Gasteiger partial charge >= 0.3 is 0 Å². The second kappa shape index (κ2) is 6.45. The highest BCUT2D eigenvalue weighted by Gasteiger charge is 2.23. The van der Waals surface area contributed by atoms with Gasteiger partial charge in [-0.2, -0.15) is 5.10 Å². The van der Waals surface area contributed by atoms with Gasteiger partial charge in [-0.3, -0.25) is 10.5 Å². The molecule has 1 aromatic heterocycles. The van der Waals surface area contributed by atoms with E-state index >= 15 is 0 Å². The molecule has 7 heteroatoms. The Bertz CT molecular complexity index is 600. The number of ether oxygens (including phenoxy) is 1. The second-order valence-electron chi connectivity index (χ2n) is 4.18. The van der Waals surface area contributed by atoms with Gasteiger partial charge in [0.25, 0.3) is 0 Å². The Balaban J connectivity index is 2.55. The van der Waals surface area contributed by atoms with E-state index in [9.17, 15) is 0 Å². The summed E-state index contributed by atoms with van der Waals surface area (Å²) in [6.07, 6.45) is 1.60. The van der Waals surface area contributed by atoms with Crippen LogP contribution in [0.25, 0.3) is 0 Å². The number of methoxy groups -OCH3 is 1. The molecule has 0 fully saturated rings. The molecule has 108 valence electrons. The summed E-state index contributed by atoms with van der Waals surface area (Å²) in [7, 11) is 1.58. The van der Waals surface area contributed by atoms with Crippen molar-refractivity contribution in [2.45, 2.75) is 19.5 Å². The maximum Gasteiger partial charge on any atom is 0.125 e. The quantitative estimate of drug-likeness (QED) is 0.658. The van der Waals surface area contributed by atoms with Crippen molar-refractivity contribution in [1.82, 2.24) is 15.2 Å². The molecule has 0 aliphatic carbocycles. The summed E-state index contributed by atoms with van der Waals surface area (Å²) in [5.74, 6) is 6.35. The molecule has 0 aliphatic rings. The molecule has 2 rings (SSSR count).